The molecule has 20 heavy (non-hydrogen) atoms. The summed E-state index contributed by atoms with van der Waals surface area (Å²) in [6.45, 7) is 4.14. The van der Waals surface area contributed by atoms with Gasteiger partial charge in [-0.3, -0.25) is 9.36 Å². The lowest BCUT2D eigenvalue weighted by Gasteiger charge is -2.00. The van der Waals surface area contributed by atoms with E-state index < -0.39 is 9.84 Å². The largest absolute Gasteiger partial charge is 0.396 e. The second-order valence-electron chi connectivity index (χ2n) is 5.00. The summed E-state index contributed by atoms with van der Waals surface area (Å²) in [6, 6.07) is 0. The first kappa shape index (κ1) is 14.6. The summed E-state index contributed by atoms with van der Waals surface area (Å²) in [5.41, 5.74) is 9.90. The van der Waals surface area contributed by atoms with E-state index in [1.165, 1.54) is 6.26 Å². The van der Waals surface area contributed by atoms with Crippen molar-refractivity contribution in [3.05, 3.63) is 17.6 Å². The van der Waals surface area contributed by atoms with Crippen LogP contribution in [-0.2, 0) is 23.4 Å². The average molecular weight is 297 g/mol. The van der Waals surface area contributed by atoms with E-state index >= 15 is 0 Å². The first-order chi connectivity index (χ1) is 9.19. The van der Waals surface area contributed by atoms with Crippen LogP contribution in [0, 0.1) is 13.8 Å². The Morgan fingerprint density at radius 1 is 1.30 bits per heavy atom. The minimum Gasteiger partial charge on any atom is -0.396 e. The topological polar surface area (TPSA) is 95.8 Å². The van der Waals surface area contributed by atoms with E-state index in [1.807, 2.05) is 20.9 Å². The minimum atomic E-state index is -3.02. The second kappa shape index (κ2) is 4.93. The molecule has 2 heterocycles. The fourth-order valence-corrected chi connectivity index (χ4v) is 2.64. The van der Waals surface area contributed by atoms with Crippen LogP contribution < -0.4 is 5.73 Å². The standard InChI is InChI=1S/C12H19N5O2S/c1-8-11(9(2)16(3)14-8)12-10(13)7-17(15-12)5-6-20(4,18)19/h7H,5-6,13H2,1-4H3. The molecule has 0 unspecified atom stereocenters. The number of sulfone groups is 1. The van der Waals surface area contributed by atoms with E-state index in [0.29, 0.717) is 17.9 Å². The van der Waals surface area contributed by atoms with Crippen molar-refractivity contribution in [2.75, 3.05) is 17.7 Å². The van der Waals surface area contributed by atoms with Gasteiger partial charge < -0.3 is 5.73 Å². The maximum Gasteiger partial charge on any atom is 0.149 e. The van der Waals surface area contributed by atoms with Gasteiger partial charge in [-0.1, -0.05) is 0 Å². The molecule has 110 valence electrons. The van der Waals surface area contributed by atoms with Crippen LogP contribution in [0.4, 0.5) is 5.69 Å². The number of hydrogen-bond acceptors (Lipinski definition) is 5. The number of rotatable bonds is 4. The van der Waals surface area contributed by atoms with Crippen LogP contribution in [-0.4, -0.2) is 40.0 Å². The van der Waals surface area contributed by atoms with Gasteiger partial charge in [-0.25, -0.2) is 8.42 Å². The normalized spacial score (nSPS) is 12.0. The molecule has 8 heteroatoms. The molecule has 2 rings (SSSR count). The van der Waals surface area contributed by atoms with Gasteiger partial charge in [0.15, 0.2) is 0 Å². The summed E-state index contributed by atoms with van der Waals surface area (Å²) in [6.07, 6.45) is 2.86. The van der Waals surface area contributed by atoms with Crippen molar-refractivity contribution in [2.24, 2.45) is 7.05 Å². The van der Waals surface area contributed by atoms with E-state index in [0.717, 1.165) is 17.0 Å². The molecule has 0 fully saturated rings. The Bertz CT molecular complexity index is 742. The van der Waals surface area contributed by atoms with Gasteiger partial charge in [0.05, 0.1) is 23.7 Å². The number of nitrogen functional groups attached to an aromatic ring is 1. The summed E-state index contributed by atoms with van der Waals surface area (Å²) in [7, 11) is -1.16. The summed E-state index contributed by atoms with van der Waals surface area (Å²) in [4.78, 5) is 0. The van der Waals surface area contributed by atoms with E-state index in [-0.39, 0.29) is 5.75 Å². The van der Waals surface area contributed by atoms with Crippen molar-refractivity contribution in [1.29, 1.82) is 0 Å². The van der Waals surface area contributed by atoms with Crippen LogP contribution in [0.5, 0.6) is 0 Å². The van der Waals surface area contributed by atoms with E-state index in [1.54, 1.807) is 15.6 Å². The van der Waals surface area contributed by atoms with E-state index in [9.17, 15) is 8.42 Å². The molecular formula is C12H19N5O2S. The van der Waals surface area contributed by atoms with Gasteiger partial charge in [0.2, 0.25) is 0 Å². The van der Waals surface area contributed by atoms with Crippen molar-refractivity contribution in [1.82, 2.24) is 19.6 Å². The SMILES string of the molecule is Cc1nn(C)c(C)c1-c1nn(CCS(C)(=O)=O)cc1N. The third kappa shape index (κ3) is 2.84. The number of nitrogens with two attached hydrogens (primary N) is 1. The van der Waals surface area contributed by atoms with Crippen LogP contribution in [0.15, 0.2) is 6.20 Å². The highest BCUT2D eigenvalue weighted by atomic mass is 32.2. The van der Waals surface area contributed by atoms with Crippen molar-refractivity contribution >= 4 is 15.5 Å². The summed E-state index contributed by atoms with van der Waals surface area (Å²) < 4.78 is 25.7. The average Bonchev–Trinajstić information content (AvgIpc) is 2.78. The Hall–Kier alpha value is -1.83. The zero-order valence-corrected chi connectivity index (χ0v) is 12.9. The van der Waals surface area contributed by atoms with Crippen LogP contribution in [0.3, 0.4) is 0 Å². The molecule has 0 amide bonds. The van der Waals surface area contributed by atoms with Crippen molar-refractivity contribution in [2.45, 2.75) is 20.4 Å². The molecule has 2 aromatic heterocycles. The van der Waals surface area contributed by atoms with Crippen molar-refractivity contribution in [3.8, 4) is 11.3 Å². The molecule has 0 aliphatic heterocycles. The zero-order chi connectivity index (χ0) is 15.1. The zero-order valence-electron chi connectivity index (χ0n) is 12.1. The molecule has 2 aromatic rings. The molecule has 2 N–H and O–H groups in total. The van der Waals surface area contributed by atoms with Crippen LogP contribution in [0.2, 0.25) is 0 Å². The molecule has 0 bridgehead atoms. The molecule has 0 aromatic carbocycles. The Kier molecular flexibility index (Phi) is 3.59. The van der Waals surface area contributed by atoms with Crippen LogP contribution in [0.1, 0.15) is 11.4 Å². The van der Waals surface area contributed by atoms with Gasteiger partial charge >= 0.3 is 0 Å². The van der Waals surface area contributed by atoms with Crippen molar-refractivity contribution in [3.63, 3.8) is 0 Å². The fraction of sp³-hybridized carbons (Fsp3) is 0.500. The molecule has 0 atom stereocenters. The fourth-order valence-electron chi connectivity index (χ4n) is 2.12. The highest BCUT2D eigenvalue weighted by Crippen LogP contribution is 2.29. The predicted molar refractivity (Wildman–Crippen MR) is 78.0 cm³/mol. The second-order valence-corrected chi connectivity index (χ2v) is 7.26. The third-order valence-corrected chi connectivity index (χ3v) is 4.15. The summed E-state index contributed by atoms with van der Waals surface area (Å²) in [5, 5.41) is 8.73. The molecule has 0 spiro atoms. The molecule has 0 aliphatic carbocycles. The highest BCUT2D eigenvalue weighted by Gasteiger charge is 2.18. The highest BCUT2D eigenvalue weighted by molar-refractivity contribution is 7.90. The quantitative estimate of drug-likeness (QED) is 0.888. The van der Waals surface area contributed by atoms with E-state index in [2.05, 4.69) is 10.2 Å². The summed E-state index contributed by atoms with van der Waals surface area (Å²) >= 11 is 0. The first-order valence-electron chi connectivity index (χ1n) is 6.20. The van der Waals surface area contributed by atoms with Gasteiger partial charge in [-0.05, 0) is 13.8 Å². The molecule has 0 aliphatic rings. The molecular weight excluding hydrogens is 278 g/mol. The van der Waals surface area contributed by atoms with Gasteiger partial charge in [-0.15, -0.1) is 0 Å². The Morgan fingerprint density at radius 3 is 2.45 bits per heavy atom. The smallest absolute Gasteiger partial charge is 0.149 e. The van der Waals surface area contributed by atoms with Gasteiger partial charge in [0.1, 0.15) is 15.5 Å². The Morgan fingerprint density at radius 2 is 1.95 bits per heavy atom. The molecule has 7 nitrogen and oxygen atoms in total. The molecule has 0 saturated heterocycles. The number of aromatic nitrogens is 4. The van der Waals surface area contributed by atoms with Gasteiger partial charge in [-0.2, -0.15) is 10.2 Å². The Labute approximate surface area is 118 Å². The number of nitrogens with zero attached hydrogens (tertiary/aromatic N) is 4. The number of anilines is 1. The third-order valence-electron chi connectivity index (χ3n) is 3.23. The Balaban J connectivity index is 2.37. The minimum absolute atomic E-state index is 0.0402. The van der Waals surface area contributed by atoms with Crippen molar-refractivity contribution < 1.29 is 8.42 Å². The van der Waals surface area contributed by atoms with Crippen LogP contribution in [0.25, 0.3) is 11.3 Å². The number of aryl methyl sites for hydroxylation is 3. The lowest BCUT2D eigenvalue weighted by Crippen LogP contribution is -2.11. The lowest BCUT2D eigenvalue weighted by molar-refractivity contribution is 0.586. The maximum absolute atomic E-state index is 11.2. The first-order valence-corrected chi connectivity index (χ1v) is 8.26. The predicted octanol–water partition coefficient (Wildman–Crippen LogP) is 0.527. The lowest BCUT2D eigenvalue weighted by atomic mass is 10.1. The molecule has 0 saturated carbocycles. The molecule has 0 radical (unpaired) electrons. The monoisotopic (exact) mass is 297 g/mol. The number of hydrogen-bond donors (Lipinski definition) is 1. The van der Waals surface area contributed by atoms with Crippen LogP contribution >= 0.6 is 0 Å². The van der Waals surface area contributed by atoms with E-state index in [4.69, 9.17) is 5.73 Å². The summed E-state index contributed by atoms with van der Waals surface area (Å²) in [5.74, 6) is 0.0402. The van der Waals surface area contributed by atoms with Gasteiger partial charge in [0.25, 0.3) is 0 Å². The maximum atomic E-state index is 11.2. The van der Waals surface area contributed by atoms with Gasteiger partial charge in [0, 0.05) is 30.8 Å².